The molecule has 0 saturated heterocycles. The van der Waals surface area contributed by atoms with Crippen LogP contribution in [0.15, 0.2) is 74.6 Å². The number of aromatic nitrogens is 1. The second-order valence-corrected chi connectivity index (χ2v) is 9.89. The first-order valence-corrected chi connectivity index (χ1v) is 13.0. The summed E-state index contributed by atoms with van der Waals surface area (Å²) in [7, 11) is 1.45. The molecule has 0 saturated carbocycles. The normalized spacial score (nSPS) is 15.1. The van der Waals surface area contributed by atoms with Crippen molar-refractivity contribution in [3.8, 4) is 17.2 Å². The van der Waals surface area contributed by atoms with E-state index in [2.05, 4.69) is 27.5 Å². The van der Waals surface area contributed by atoms with Crippen molar-refractivity contribution in [2.75, 3.05) is 20.3 Å². The molecule has 1 N–H and O–H groups in total. The summed E-state index contributed by atoms with van der Waals surface area (Å²) in [6.45, 7) is 7.67. The molecule has 1 aliphatic heterocycles. The van der Waals surface area contributed by atoms with Crippen LogP contribution in [0.1, 0.15) is 31.0 Å². The molecule has 0 spiro atoms. The molecule has 2 aromatic carbocycles. The van der Waals surface area contributed by atoms with Crippen molar-refractivity contribution in [3.63, 3.8) is 0 Å². The lowest BCUT2D eigenvalue weighted by Gasteiger charge is -2.24. The Labute approximate surface area is 225 Å². The summed E-state index contributed by atoms with van der Waals surface area (Å²) in [5.74, 6) is 0.352. The fraction of sp³-hybridized carbons (Fsp3) is 0.222. The Morgan fingerprint density at radius 2 is 2.03 bits per heavy atom. The maximum atomic E-state index is 13.7. The molecule has 192 valence electrons. The maximum absolute atomic E-state index is 13.7. The molecule has 0 radical (unpaired) electrons. The van der Waals surface area contributed by atoms with Crippen LogP contribution in [0, 0.1) is 0 Å². The fourth-order valence-electron chi connectivity index (χ4n) is 3.99. The fourth-order valence-corrected chi connectivity index (χ4v) is 5.50. The van der Waals surface area contributed by atoms with Gasteiger partial charge in [-0.25, -0.2) is 9.79 Å². The van der Waals surface area contributed by atoms with E-state index in [-0.39, 0.29) is 23.7 Å². The zero-order valence-electron chi connectivity index (χ0n) is 20.5. The van der Waals surface area contributed by atoms with E-state index in [1.54, 1.807) is 50.3 Å². The largest absolute Gasteiger partial charge is 0.503 e. The topological polar surface area (TPSA) is 99.4 Å². The molecule has 1 aliphatic rings. The van der Waals surface area contributed by atoms with E-state index in [0.717, 1.165) is 0 Å². The number of hydrogen-bond acceptors (Lipinski definition) is 8. The van der Waals surface area contributed by atoms with E-state index in [1.807, 2.05) is 12.1 Å². The average molecular weight is 585 g/mol. The minimum atomic E-state index is -0.730. The summed E-state index contributed by atoms with van der Waals surface area (Å²) in [6, 6.07) is 9.80. The number of halogens is 1. The third-order valence-electron chi connectivity index (χ3n) is 5.65. The molecule has 3 aromatic rings. The van der Waals surface area contributed by atoms with Crippen molar-refractivity contribution in [1.29, 1.82) is 0 Å². The summed E-state index contributed by atoms with van der Waals surface area (Å²) in [5, 5.41) is 10.1. The van der Waals surface area contributed by atoms with Crippen molar-refractivity contribution in [2.24, 2.45) is 4.99 Å². The van der Waals surface area contributed by atoms with Gasteiger partial charge in [0, 0.05) is 0 Å². The van der Waals surface area contributed by atoms with E-state index in [4.69, 9.17) is 14.2 Å². The van der Waals surface area contributed by atoms with Crippen LogP contribution < -0.4 is 24.4 Å². The number of phenols is 1. The molecular weight excluding hydrogens is 560 g/mol. The Bertz CT molecular complexity index is 1570. The van der Waals surface area contributed by atoms with Gasteiger partial charge in [-0.15, -0.1) is 0 Å². The van der Waals surface area contributed by atoms with Crippen LogP contribution >= 0.6 is 27.3 Å². The number of esters is 1. The van der Waals surface area contributed by atoms with E-state index in [1.165, 1.54) is 23.0 Å². The van der Waals surface area contributed by atoms with Crippen LogP contribution in [-0.2, 0) is 9.53 Å². The lowest BCUT2D eigenvalue weighted by atomic mass is 9.96. The highest BCUT2D eigenvalue weighted by molar-refractivity contribution is 9.10. The minimum absolute atomic E-state index is 0.0312. The van der Waals surface area contributed by atoms with Gasteiger partial charge in [0.05, 0.1) is 40.0 Å². The maximum Gasteiger partial charge on any atom is 0.338 e. The third-order valence-corrected chi connectivity index (χ3v) is 7.24. The van der Waals surface area contributed by atoms with Gasteiger partial charge in [-0.3, -0.25) is 9.36 Å². The molecular formula is C27H25BrN2O6S. The number of benzene rings is 2. The van der Waals surface area contributed by atoms with Gasteiger partial charge in [0.2, 0.25) is 0 Å². The Hall–Kier alpha value is -3.63. The van der Waals surface area contributed by atoms with Crippen molar-refractivity contribution in [1.82, 2.24) is 4.57 Å². The van der Waals surface area contributed by atoms with Gasteiger partial charge in [-0.1, -0.05) is 36.1 Å². The monoisotopic (exact) mass is 584 g/mol. The molecule has 0 unspecified atom stereocenters. The number of hydrogen-bond donors (Lipinski definition) is 1. The van der Waals surface area contributed by atoms with Crippen LogP contribution in [0.5, 0.6) is 17.2 Å². The Kier molecular flexibility index (Phi) is 7.99. The zero-order valence-corrected chi connectivity index (χ0v) is 22.9. The van der Waals surface area contributed by atoms with E-state index >= 15 is 0 Å². The molecule has 0 amide bonds. The lowest BCUT2D eigenvalue weighted by Crippen LogP contribution is -2.39. The first-order valence-electron chi connectivity index (χ1n) is 11.4. The number of ether oxygens (including phenoxy) is 3. The van der Waals surface area contributed by atoms with E-state index in [9.17, 15) is 14.7 Å². The number of aromatic hydroxyl groups is 1. The smallest absolute Gasteiger partial charge is 0.338 e. The summed E-state index contributed by atoms with van der Waals surface area (Å²) >= 11 is 4.52. The molecule has 4 rings (SSSR count). The highest BCUT2D eigenvalue weighted by atomic mass is 79.9. The number of allylic oxidation sites excluding steroid dienone is 1. The SMILES string of the molecule is C=CCOc1ccc([C@@H]2C(C(=O)OCC)=C(C)N=c3s/c(=C\c4cc(Br)c(O)c(OC)c4)c(=O)n32)cc1. The number of rotatable bonds is 8. The molecule has 10 heteroatoms. The molecule has 0 fully saturated rings. The number of nitrogens with zero attached hydrogens (tertiary/aromatic N) is 2. The molecule has 1 atom stereocenters. The van der Waals surface area contributed by atoms with Gasteiger partial charge in [-0.05, 0) is 71.2 Å². The molecule has 0 bridgehead atoms. The molecule has 37 heavy (non-hydrogen) atoms. The van der Waals surface area contributed by atoms with Crippen LogP contribution in [0.2, 0.25) is 0 Å². The van der Waals surface area contributed by atoms with Crippen LogP contribution in [-0.4, -0.2) is 36.0 Å². The van der Waals surface area contributed by atoms with Crippen LogP contribution in [0.25, 0.3) is 6.08 Å². The summed E-state index contributed by atoms with van der Waals surface area (Å²) in [4.78, 5) is 31.8. The summed E-state index contributed by atoms with van der Waals surface area (Å²) in [5.41, 5.74) is 1.84. The highest BCUT2D eigenvalue weighted by Gasteiger charge is 2.33. The van der Waals surface area contributed by atoms with Gasteiger partial charge in [-0.2, -0.15) is 0 Å². The molecule has 8 nitrogen and oxygen atoms in total. The van der Waals surface area contributed by atoms with Crippen molar-refractivity contribution in [2.45, 2.75) is 19.9 Å². The zero-order chi connectivity index (χ0) is 26.7. The first-order chi connectivity index (χ1) is 17.8. The van der Waals surface area contributed by atoms with Crippen LogP contribution in [0.4, 0.5) is 0 Å². The van der Waals surface area contributed by atoms with Gasteiger partial charge in [0.15, 0.2) is 16.3 Å². The first kappa shape index (κ1) is 26.4. The predicted octanol–water partition coefficient (Wildman–Crippen LogP) is 3.84. The Morgan fingerprint density at radius 1 is 1.30 bits per heavy atom. The molecule has 1 aromatic heterocycles. The number of thiazole rings is 1. The molecule has 0 aliphatic carbocycles. The second kappa shape index (κ2) is 11.2. The number of phenolic OH excluding ortho intramolecular Hbond substituents is 1. The van der Waals surface area contributed by atoms with Crippen molar-refractivity contribution >= 4 is 39.3 Å². The number of carbonyl (C=O) groups excluding carboxylic acids is 1. The highest BCUT2D eigenvalue weighted by Crippen LogP contribution is 2.35. The summed E-state index contributed by atoms with van der Waals surface area (Å²) in [6.07, 6.45) is 3.35. The molecule has 2 heterocycles. The van der Waals surface area contributed by atoms with Gasteiger partial charge >= 0.3 is 5.97 Å². The van der Waals surface area contributed by atoms with Crippen LogP contribution in [0.3, 0.4) is 0 Å². The van der Waals surface area contributed by atoms with Crippen molar-refractivity contribution in [3.05, 3.63) is 95.6 Å². The number of fused-ring (bicyclic) bond motifs is 1. The van der Waals surface area contributed by atoms with E-state index < -0.39 is 12.0 Å². The van der Waals surface area contributed by atoms with Gasteiger partial charge in [0.25, 0.3) is 5.56 Å². The van der Waals surface area contributed by atoms with E-state index in [0.29, 0.717) is 48.6 Å². The average Bonchev–Trinajstić information content (AvgIpc) is 3.18. The Morgan fingerprint density at radius 3 is 2.68 bits per heavy atom. The predicted molar refractivity (Wildman–Crippen MR) is 145 cm³/mol. The minimum Gasteiger partial charge on any atom is -0.503 e. The number of carbonyl (C=O) groups is 1. The summed E-state index contributed by atoms with van der Waals surface area (Å²) < 4.78 is 18.5. The quantitative estimate of drug-likeness (QED) is 0.319. The van der Waals surface area contributed by atoms with Crippen molar-refractivity contribution < 1.29 is 24.1 Å². The third kappa shape index (κ3) is 5.26. The number of methoxy groups -OCH3 is 1. The second-order valence-electron chi connectivity index (χ2n) is 8.02. The Balaban J connectivity index is 1.90. The lowest BCUT2D eigenvalue weighted by molar-refractivity contribution is -0.139. The van der Waals surface area contributed by atoms with Gasteiger partial charge < -0.3 is 19.3 Å². The standard InChI is InChI=1S/C27H25BrN2O6S/c1-5-11-36-18-9-7-17(8-10-18)23-22(26(33)35-6-2)15(3)29-27-30(23)25(32)21(37-27)14-16-12-19(28)24(31)20(13-16)34-4/h5,7-10,12-14,23,31H,1,6,11H2,2-4H3/b21-14-/t23-/m1/s1. The van der Waals surface area contributed by atoms with Gasteiger partial charge in [0.1, 0.15) is 12.4 Å².